The van der Waals surface area contributed by atoms with Crippen LogP contribution in [-0.2, 0) is 11.3 Å². The lowest BCUT2D eigenvalue weighted by Gasteiger charge is -2.34. The van der Waals surface area contributed by atoms with E-state index in [4.69, 9.17) is 4.74 Å². The van der Waals surface area contributed by atoms with E-state index in [0.717, 1.165) is 38.5 Å². The number of nitrogens with zero attached hydrogens (tertiary/aromatic N) is 2. The molecule has 1 N–H and O–H groups in total. The maximum absolute atomic E-state index is 12.9. The quantitative estimate of drug-likeness (QED) is 0.813. The molecule has 144 valence electrons. The Balaban J connectivity index is 1.45. The number of hydrogen-bond acceptors (Lipinski definition) is 4. The van der Waals surface area contributed by atoms with Crippen LogP contribution in [0, 0.1) is 5.82 Å². The highest BCUT2D eigenvalue weighted by Crippen LogP contribution is 2.20. The van der Waals surface area contributed by atoms with Crippen molar-refractivity contribution in [1.29, 1.82) is 0 Å². The molecule has 0 spiro atoms. The van der Waals surface area contributed by atoms with Crippen molar-refractivity contribution in [3.05, 3.63) is 59.9 Å². The van der Waals surface area contributed by atoms with Gasteiger partial charge in [0.1, 0.15) is 11.6 Å². The first-order valence-corrected chi connectivity index (χ1v) is 9.35. The summed E-state index contributed by atoms with van der Waals surface area (Å²) in [4.78, 5) is 16.7. The normalized spacial score (nSPS) is 15.5. The number of nitrogens with one attached hydrogen (secondary N) is 1. The molecule has 1 amide bonds. The van der Waals surface area contributed by atoms with Crippen LogP contribution in [0.3, 0.4) is 0 Å². The van der Waals surface area contributed by atoms with E-state index in [2.05, 4.69) is 21.2 Å². The van der Waals surface area contributed by atoms with E-state index < -0.39 is 0 Å². The highest BCUT2D eigenvalue weighted by atomic mass is 19.1. The molecule has 1 aliphatic heterocycles. The van der Waals surface area contributed by atoms with Gasteiger partial charge in [0.05, 0.1) is 13.2 Å². The molecule has 1 heterocycles. The van der Waals surface area contributed by atoms with Crippen molar-refractivity contribution in [3.8, 4) is 5.75 Å². The molecular weight excluding hydrogens is 345 g/mol. The van der Waals surface area contributed by atoms with E-state index in [9.17, 15) is 9.18 Å². The van der Waals surface area contributed by atoms with Crippen molar-refractivity contribution in [2.24, 2.45) is 0 Å². The maximum atomic E-state index is 12.9. The molecule has 1 saturated heterocycles. The fraction of sp³-hybridized carbons (Fsp3) is 0.381. The molecule has 5 nitrogen and oxygen atoms in total. The highest BCUT2D eigenvalue weighted by Gasteiger charge is 2.20. The zero-order valence-electron chi connectivity index (χ0n) is 15.7. The first-order valence-electron chi connectivity index (χ1n) is 9.35. The smallest absolute Gasteiger partial charge is 0.238 e. The van der Waals surface area contributed by atoms with E-state index in [0.29, 0.717) is 18.8 Å². The van der Waals surface area contributed by atoms with Crippen LogP contribution in [0.1, 0.15) is 12.5 Å². The van der Waals surface area contributed by atoms with Crippen LogP contribution in [0.25, 0.3) is 0 Å². The molecule has 2 aromatic carbocycles. The zero-order chi connectivity index (χ0) is 19.1. The van der Waals surface area contributed by atoms with Crippen molar-refractivity contribution in [2.45, 2.75) is 13.5 Å². The monoisotopic (exact) mass is 371 g/mol. The summed E-state index contributed by atoms with van der Waals surface area (Å²) in [5.41, 5.74) is 1.81. The Bertz CT molecular complexity index is 743. The fourth-order valence-corrected chi connectivity index (χ4v) is 3.21. The lowest BCUT2D eigenvalue weighted by atomic mass is 10.1. The highest BCUT2D eigenvalue weighted by molar-refractivity contribution is 5.92. The maximum Gasteiger partial charge on any atom is 0.238 e. The van der Waals surface area contributed by atoms with Gasteiger partial charge >= 0.3 is 0 Å². The van der Waals surface area contributed by atoms with Gasteiger partial charge in [0.2, 0.25) is 5.91 Å². The predicted octanol–water partition coefficient (Wildman–Crippen LogP) is 2.98. The molecule has 1 aliphatic rings. The van der Waals surface area contributed by atoms with Crippen molar-refractivity contribution >= 4 is 11.6 Å². The Hall–Kier alpha value is -2.44. The summed E-state index contributed by atoms with van der Waals surface area (Å²) in [6, 6.07) is 14.0. The lowest BCUT2D eigenvalue weighted by Crippen LogP contribution is -2.48. The number of halogens is 1. The van der Waals surface area contributed by atoms with Crippen LogP contribution in [0.5, 0.6) is 5.75 Å². The van der Waals surface area contributed by atoms with Crippen molar-refractivity contribution in [1.82, 2.24) is 9.80 Å². The lowest BCUT2D eigenvalue weighted by molar-refractivity contribution is -0.117. The summed E-state index contributed by atoms with van der Waals surface area (Å²) in [6.45, 7) is 7.35. The predicted molar refractivity (Wildman–Crippen MR) is 104 cm³/mol. The average molecular weight is 371 g/mol. The van der Waals surface area contributed by atoms with Gasteiger partial charge in [-0.25, -0.2) is 4.39 Å². The van der Waals surface area contributed by atoms with Gasteiger partial charge < -0.3 is 10.1 Å². The average Bonchev–Trinajstić information content (AvgIpc) is 2.67. The molecule has 0 saturated carbocycles. The molecular formula is C21H26FN3O2. The van der Waals surface area contributed by atoms with Crippen molar-refractivity contribution in [3.63, 3.8) is 0 Å². The van der Waals surface area contributed by atoms with Gasteiger partial charge in [-0.15, -0.1) is 0 Å². The molecule has 27 heavy (non-hydrogen) atoms. The number of anilines is 1. The van der Waals surface area contributed by atoms with Crippen LogP contribution in [-0.4, -0.2) is 55.0 Å². The minimum atomic E-state index is -0.310. The Kier molecular flexibility index (Phi) is 6.79. The molecule has 0 radical (unpaired) electrons. The van der Waals surface area contributed by atoms with E-state index in [1.807, 2.05) is 25.1 Å². The summed E-state index contributed by atoms with van der Waals surface area (Å²) < 4.78 is 18.6. The number of amides is 1. The summed E-state index contributed by atoms with van der Waals surface area (Å²) >= 11 is 0. The molecule has 6 heteroatoms. The Labute approximate surface area is 159 Å². The SMILES string of the molecule is CCOc1ccccc1CN1CCN(CC(=O)Nc2ccc(F)cc2)CC1. The van der Waals surface area contributed by atoms with Gasteiger partial charge in [-0.05, 0) is 37.3 Å². The number of ether oxygens (including phenoxy) is 1. The Morgan fingerprint density at radius 3 is 2.41 bits per heavy atom. The summed E-state index contributed by atoms with van der Waals surface area (Å²) in [5, 5.41) is 2.81. The van der Waals surface area contributed by atoms with Gasteiger partial charge in [0.15, 0.2) is 0 Å². The molecule has 0 atom stereocenters. The van der Waals surface area contributed by atoms with Gasteiger partial charge in [-0.3, -0.25) is 14.6 Å². The van der Waals surface area contributed by atoms with Crippen molar-refractivity contribution < 1.29 is 13.9 Å². The molecule has 2 aromatic rings. The fourth-order valence-electron chi connectivity index (χ4n) is 3.21. The molecule has 1 fully saturated rings. The minimum absolute atomic E-state index is 0.0725. The van der Waals surface area contributed by atoms with Crippen molar-refractivity contribution in [2.75, 3.05) is 44.6 Å². The first kappa shape index (κ1) is 19.3. The molecule has 0 aromatic heterocycles. The number of rotatable bonds is 7. The Morgan fingerprint density at radius 2 is 1.70 bits per heavy atom. The molecule has 3 rings (SSSR count). The number of carbonyl (C=O) groups is 1. The second-order valence-electron chi connectivity index (χ2n) is 6.65. The third-order valence-corrected chi connectivity index (χ3v) is 4.63. The van der Waals surface area contributed by atoms with E-state index in [1.165, 1.54) is 17.7 Å². The van der Waals surface area contributed by atoms with Crippen LogP contribution < -0.4 is 10.1 Å². The number of carbonyl (C=O) groups excluding carboxylic acids is 1. The van der Waals surface area contributed by atoms with Gasteiger partial charge in [0, 0.05) is 44.0 Å². The Morgan fingerprint density at radius 1 is 1.04 bits per heavy atom. The number of piperazine rings is 1. The topological polar surface area (TPSA) is 44.8 Å². The third kappa shape index (κ3) is 5.77. The van der Waals surface area contributed by atoms with Crippen LogP contribution in [0.15, 0.2) is 48.5 Å². The summed E-state index contributed by atoms with van der Waals surface area (Å²) in [5.74, 6) is 0.563. The second-order valence-corrected chi connectivity index (χ2v) is 6.65. The minimum Gasteiger partial charge on any atom is -0.494 e. The first-order chi connectivity index (χ1) is 13.1. The summed E-state index contributed by atoms with van der Waals surface area (Å²) in [7, 11) is 0. The van der Waals surface area contributed by atoms with Crippen LogP contribution in [0.4, 0.5) is 10.1 Å². The number of benzene rings is 2. The van der Waals surface area contributed by atoms with Crippen LogP contribution in [0.2, 0.25) is 0 Å². The largest absolute Gasteiger partial charge is 0.494 e. The molecule has 0 aliphatic carbocycles. The van der Waals surface area contributed by atoms with Gasteiger partial charge in [0.25, 0.3) is 0 Å². The van der Waals surface area contributed by atoms with E-state index >= 15 is 0 Å². The second kappa shape index (κ2) is 9.48. The zero-order valence-corrected chi connectivity index (χ0v) is 15.7. The molecule has 0 unspecified atom stereocenters. The van der Waals surface area contributed by atoms with E-state index in [1.54, 1.807) is 12.1 Å². The van der Waals surface area contributed by atoms with Gasteiger partial charge in [-0.1, -0.05) is 18.2 Å². The number of hydrogen-bond donors (Lipinski definition) is 1. The summed E-state index contributed by atoms with van der Waals surface area (Å²) in [6.07, 6.45) is 0. The van der Waals surface area contributed by atoms with Crippen LogP contribution >= 0.6 is 0 Å². The third-order valence-electron chi connectivity index (χ3n) is 4.63. The van der Waals surface area contributed by atoms with Gasteiger partial charge in [-0.2, -0.15) is 0 Å². The number of para-hydroxylation sites is 1. The standard InChI is InChI=1S/C21H26FN3O2/c1-2-27-20-6-4-3-5-17(20)15-24-11-13-25(14-12-24)16-21(26)23-19-9-7-18(22)8-10-19/h3-10H,2,11-16H2,1H3,(H,23,26). The molecule has 0 bridgehead atoms. The van der Waals surface area contributed by atoms with E-state index in [-0.39, 0.29) is 11.7 Å².